The summed E-state index contributed by atoms with van der Waals surface area (Å²) in [7, 11) is 4.38. The van der Waals surface area contributed by atoms with Gasteiger partial charge in [-0.15, -0.1) is 0 Å². The van der Waals surface area contributed by atoms with Gasteiger partial charge in [-0.05, 0) is 17.7 Å². The zero-order valence-corrected chi connectivity index (χ0v) is 19.3. The normalized spacial score (nSPS) is 11.0. The molecule has 13 heteroatoms. The quantitative estimate of drug-likeness (QED) is 0.135. The number of hydrogen-bond acceptors (Lipinski definition) is 13. The summed E-state index contributed by atoms with van der Waals surface area (Å²) in [6.07, 6.45) is 0. The third kappa shape index (κ3) is 14.2. The van der Waals surface area contributed by atoms with Gasteiger partial charge in [0.25, 0.3) is 5.75 Å². The van der Waals surface area contributed by atoms with Gasteiger partial charge in [0, 0.05) is 7.11 Å². The molecule has 0 bridgehead atoms. The van der Waals surface area contributed by atoms with Crippen LogP contribution in [0.3, 0.4) is 0 Å². The van der Waals surface area contributed by atoms with Crippen molar-refractivity contribution in [1.29, 1.82) is 0 Å². The number of benzene rings is 1. The second kappa shape index (κ2) is 20.8. The van der Waals surface area contributed by atoms with Crippen molar-refractivity contribution in [2.24, 2.45) is 0 Å². The molecule has 0 saturated heterocycles. The van der Waals surface area contributed by atoms with E-state index in [1.54, 1.807) is 13.2 Å². The summed E-state index contributed by atoms with van der Waals surface area (Å²) in [4.78, 5) is 39.4. The molecule has 0 atom stereocenters. The monoisotopic (exact) mass is 482 g/mol. The van der Waals surface area contributed by atoms with Gasteiger partial charge in [0.1, 0.15) is 33.0 Å². The molecule has 0 spiro atoms. The fraction of sp³-hybridized carbons (Fsp3) is 0.700. The number of rotatable bonds is 23. The SMILES string of the molecule is COCCOCCOOc1cc(CO)cc(OCCOCCOOC)c1OOCCOOC. The number of aliphatic hydroxyl groups excluding tert-OH is 1. The summed E-state index contributed by atoms with van der Waals surface area (Å²) in [6, 6.07) is 3.11. The van der Waals surface area contributed by atoms with Crippen LogP contribution in [-0.4, -0.2) is 92.5 Å². The smallest absolute Gasteiger partial charge is 0.252 e. The Morgan fingerprint density at radius 1 is 0.606 bits per heavy atom. The predicted molar refractivity (Wildman–Crippen MR) is 110 cm³/mol. The molecule has 0 radical (unpaired) electrons. The van der Waals surface area contributed by atoms with Crippen molar-refractivity contribution in [2.45, 2.75) is 6.61 Å². The summed E-state index contributed by atoms with van der Waals surface area (Å²) >= 11 is 0. The number of hydrogen-bond donors (Lipinski definition) is 1. The average molecular weight is 482 g/mol. The van der Waals surface area contributed by atoms with Crippen molar-refractivity contribution in [3.63, 3.8) is 0 Å². The Labute approximate surface area is 192 Å². The Hall–Kier alpha value is -1.78. The van der Waals surface area contributed by atoms with Gasteiger partial charge in [-0.25, -0.2) is 19.6 Å². The van der Waals surface area contributed by atoms with E-state index in [0.717, 1.165) is 0 Å². The topological polar surface area (TPSA) is 131 Å². The number of ether oxygens (including phenoxy) is 4. The van der Waals surface area contributed by atoms with E-state index in [2.05, 4.69) is 9.78 Å². The zero-order valence-electron chi connectivity index (χ0n) is 19.3. The first-order valence-electron chi connectivity index (χ1n) is 10.2. The van der Waals surface area contributed by atoms with Crippen molar-refractivity contribution >= 4 is 0 Å². The average Bonchev–Trinajstić information content (AvgIpc) is 2.83. The molecular weight excluding hydrogens is 448 g/mol. The number of methoxy groups -OCH3 is 1. The fourth-order valence-electron chi connectivity index (χ4n) is 2.16. The highest BCUT2D eigenvalue weighted by atomic mass is 17.2. The van der Waals surface area contributed by atoms with Gasteiger partial charge in [-0.1, -0.05) is 0 Å². The first kappa shape index (κ1) is 29.3. The Morgan fingerprint density at radius 2 is 1.15 bits per heavy atom. The molecule has 1 rings (SSSR count). The van der Waals surface area contributed by atoms with Crippen LogP contribution in [-0.2, 0) is 50.1 Å². The minimum absolute atomic E-state index is 0.0608. The molecule has 0 unspecified atom stereocenters. The van der Waals surface area contributed by atoms with Gasteiger partial charge in [0.2, 0.25) is 5.75 Å². The van der Waals surface area contributed by atoms with Crippen LogP contribution in [0.5, 0.6) is 17.2 Å². The maximum Gasteiger partial charge on any atom is 0.252 e. The zero-order chi connectivity index (χ0) is 24.0. The second-order valence-electron chi connectivity index (χ2n) is 5.93. The van der Waals surface area contributed by atoms with Crippen LogP contribution in [0.4, 0.5) is 0 Å². The summed E-state index contributed by atoms with van der Waals surface area (Å²) in [5.41, 5.74) is 0.504. The molecule has 0 fully saturated rings. The minimum atomic E-state index is -0.263. The largest absolute Gasteiger partial charge is 0.487 e. The van der Waals surface area contributed by atoms with Gasteiger partial charge in [0.05, 0.1) is 53.9 Å². The minimum Gasteiger partial charge on any atom is -0.487 e. The molecule has 192 valence electrons. The molecule has 0 saturated carbocycles. The molecular formula is C20H34O13. The molecule has 0 aliphatic heterocycles. The van der Waals surface area contributed by atoms with Crippen molar-refractivity contribution < 1.29 is 63.2 Å². The molecule has 33 heavy (non-hydrogen) atoms. The lowest BCUT2D eigenvalue weighted by Gasteiger charge is -2.16. The second-order valence-corrected chi connectivity index (χ2v) is 5.93. The van der Waals surface area contributed by atoms with Gasteiger partial charge >= 0.3 is 0 Å². The van der Waals surface area contributed by atoms with Crippen molar-refractivity contribution in [2.75, 3.05) is 87.4 Å². The molecule has 0 heterocycles. The summed E-state index contributed by atoms with van der Waals surface area (Å²) in [5, 5.41) is 9.60. The van der Waals surface area contributed by atoms with E-state index in [1.807, 2.05) is 0 Å². The van der Waals surface area contributed by atoms with E-state index in [-0.39, 0.29) is 70.1 Å². The van der Waals surface area contributed by atoms with Crippen LogP contribution in [0.25, 0.3) is 0 Å². The Morgan fingerprint density at radius 3 is 1.82 bits per heavy atom. The van der Waals surface area contributed by atoms with Crippen LogP contribution in [0.2, 0.25) is 0 Å². The third-order valence-electron chi connectivity index (χ3n) is 3.58. The first-order valence-corrected chi connectivity index (χ1v) is 10.2. The molecule has 0 aliphatic rings. The number of aliphatic hydroxyl groups is 1. The van der Waals surface area contributed by atoms with Crippen molar-refractivity contribution in [3.8, 4) is 17.2 Å². The lowest BCUT2D eigenvalue weighted by atomic mass is 10.2. The standard InChI is InChI=1S/C20H34O13/c1-22-4-5-25-8-11-30-32-19-15-17(16-21)14-18(20(19)33-31-13-12-29-24-3)27-9-6-26-7-10-28-23-2/h14-15,21H,4-13,16H2,1-3H3. The molecule has 0 aromatic heterocycles. The van der Waals surface area contributed by atoms with Crippen molar-refractivity contribution in [1.82, 2.24) is 0 Å². The summed E-state index contributed by atoms with van der Waals surface area (Å²) in [5.74, 6) is 0.490. The van der Waals surface area contributed by atoms with Gasteiger partial charge < -0.3 is 33.8 Å². The van der Waals surface area contributed by atoms with E-state index >= 15 is 0 Å². The van der Waals surface area contributed by atoms with Crippen LogP contribution < -0.4 is 14.5 Å². The van der Waals surface area contributed by atoms with Gasteiger partial charge in [-0.3, -0.25) is 0 Å². The Bertz CT molecular complexity index is 548. The highest BCUT2D eigenvalue weighted by Crippen LogP contribution is 2.39. The van der Waals surface area contributed by atoms with E-state index < -0.39 is 0 Å². The van der Waals surface area contributed by atoms with Crippen LogP contribution >= 0.6 is 0 Å². The summed E-state index contributed by atoms with van der Waals surface area (Å²) in [6.45, 7) is 2.33. The van der Waals surface area contributed by atoms with Crippen LogP contribution in [0.15, 0.2) is 12.1 Å². The summed E-state index contributed by atoms with van der Waals surface area (Å²) < 4.78 is 21.3. The van der Waals surface area contributed by atoms with E-state index in [0.29, 0.717) is 25.4 Å². The van der Waals surface area contributed by atoms with Gasteiger partial charge in [-0.2, -0.15) is 9.78 Å². The molecule has 13 nitrogen and oxygen atoms in total. The van der Waals surface area contributed by atoms with E-state index in [9.17, 15) is 5.11 Å². The highest BCUT2D eigenvalue weighted by Gasteiger charge is 2.18. The Kier molecular flexibility index (Phi) is 18.4. The van der Waals surface area contributed by atoms with Crippen LogP contribution in [0, 0.1) is 0 Å². The lowest BCUT2D eigenvalue weighted by molar-refractivity contribution is -0.301. The molecule has 1 aromatic carbocycles. The van der Waals surface area contributed by atoms with Crippen molar-refractivity contribution in [3.05, 3.63) is 17.7 Å². The van der Waals surface area contributed by atoms with Gasteiger partial charge in [0.15, 0.2) is 5.75 Å². The third-order valence-corrected chi connectivity index (χ3v) is 3.58. The molecule has 1 aromatic rings. The molecule has 0 aliphatic carbocycles. The maximum absolute atomic E-state index is 9.60. The first-order chi connectivity index (χ1) is 16.3. The van der Waals surface area contributed by atoms with E-state index in [1.165, 1.54) is 20.3 Å². The molecule has 1 N–H and O–H groups in total. The van der Waals surface area contributed by atoms with Crippen LogP contribution in [0.1, 0.15) is 5.56 Å². The van der Waals surface area contributed by atoms with E-state index in [4.69, 9.17) is 48.3 Å². The molecule has 0 amide bonds. The maximum atomic E-state index is 9.60. The predicted octanol–water partition coefficient (Wildman–Crippen LogP) is 1.01. The fourth-order valence-corrected chi connectivity index (χ4v) is 2.16. The Balaban J connectivity index is 2.70. The lowest BCUT2D eigenvalue weighted by Crippen LogP contribution is -2.13. The highest BCUT2D eigenvalue weighted by molar-refractivity contribution is 5.53.